The van der Waals surface area contributed by atoms with Gasteiger partial charge in [-0.05, 0) is 12.8 Å². The topological polar surface area (TPSA) is 93.1 Å². The van der Waals surface area contributed by atoms with Crippen molar-refractivity contribution in [3.8, 4) is 0 Å². The first-order valence-electron chi connectivity index (χ1n) is 6.18. The molecule has 6 nitrogen and oxygen atoms in total. The highest BCUT2D eigenvalue weighted by molar-refractivity contribution is 5.74. The Bertz CT molecular complexity index is 261. The van der Waals surface area contributed by atoms with E-state index < -0.39 is 30.8 Å². The van der Waals surface area contributed by atoms with Gasteiger partial charge < -0.3 is 19.7 Å². The van der Waals surface area contributed by atoms with Crippen molar-refractivity contribution in [2.24, 2.45) is 5.92 Å². The third kappa shape index (κ3) is 5.46. The molecule has 0 saturated carbocycles. The first-order valence-corrected chi connectivity index (χ1v) is 6.18. The molecular weight excluding hydrogens is 240 g/mol. The third-order valence-corrected chi connectivity index (χ3v) is 2.58. The molecular formula is C12H22O6. The predicted octanol–water partition coefficient (Wildman–Crippen LogP) is 0.598. The Morgan fingerprint density at radius 3 is 2.06 bits per heavy atom. The van der Waals surface area contributed by atoms with Crippen LogP contribution in [-0.2, 0) is 19.1 Å². The van der Waals surface area contributed by atoms with Gasteiger partial charge in [-0.3, -0.25) is 9.59 Å². The molecule has 2 atom stereocenters. The quantitative estimate of drug-likeness (QED) is 0.491. The van der Waals surface area contributed by atoms with Crippen molar-refractivity contribution < 1.29 is 29.3 Å². The summed E-state index contributed by atoms with van der Waals surface area (Å²) >= 11 is 0. The van der Waals surface area contributed by atoms with Crippen LogP contribution in [-0.4, -0.2) is 41.2 Å². The maximum atomic E-state index is 11.7. The summed E-state index contributed by atoms with van der Waals surface area (Å²) in [5.74, 6) is -2.67. The summed E-state index contributed by atoms with van der Waals surface area (Å²) in [5, 5.41) is 18.6. The molecule has 0 aliphatic carbocycles. The van der Waals surface area contributed by atoms with Gasteiger partial charge in [0, 0.05) is 6.42 Å². The predicted molar refractivity (Wildman–Crippen MR) is 63.4 cm³/mol. The zero-order valence-corrected chi connectivity index (χ0v) is 11.1. The smallest absolute Gasteiger partial charge is 0.317 e. The molecule has 0 radical (unpaired) electrons. The first-order chi connectivity index (χ1) is 8.49. The molecule has 0 aliphatic rings. The zero-order valence-electron chi connectivity index (χ0n) is 11.1. The van der Waals surface area contributed by atoms with Gasteiger partial charge in [0.1, 0.15) is 12.0 Å². The lowest BCUT2D eigenvalue weighted by atomic mass is 10.1. The molecule has 6 heteroatoms. The maximum absolute atomic E-state index is 11.7. The Morgan fingerprint density at radius 2 is 1.67 bits per heavy atom. The third-order valence-electron chi connectivity index (χ3n) is 2.58. The van der Waals surface area contributed by atoms with Gasteiger partial charge >= 0.3 is 11.9 Å². The van der Waals surface area contributed by atoms with Gasteiger partial charge in [0.15, 0.2) is 0 Å². The summed E-state index contributed by atoms with van der Waals surface area (Å²) in [6.07, 6.45) is -0.572. The van der Waals surface area contributed by atoms with E-state index in [1.807, 2.05) is 13.8 Å². The molecule has 0 aromatic carbocycles. The fourth-order valence-electron chi connectivity index (χ4n) is 1.29. The summed E-state index contributed by atoms with van der Waals surface area (Å²) < 4.78 is 9.67. The second-order valence-corrected chi connectivity index (χ2v) is 3.90. The van der Waals surface area contributed by atoms with Gasteiger partial charge in [0.2, 0.25) is 6.29 Å². The average molecular weight is 262 g/mol. The lowest BCUT2D eigenvalue weighted by molar-refractivity contribution is -0.191. The van der Waals surface area contributed by atoms with Gasteiger partial charge in [-0.1, -0.05) is 20.8 Å². The summed E-state index contributed by atoms with van der Waals surface area (Å²) in [5.41, 5.74) is 0. The van der Waals surface area contributed by atoms with Crippen LogP contribution in [0.15, 0.2) is 0 Å². The second-order valence-electron chi connectivity index (χ2n) is 3.90. The van der Waals surface area contributed by atoms with Gasteiger partial charge in [-0.15, -0.1) is 0 Å². The number of aliphatic hydroxyl groups is 2. The maximum Gasteiger partial charge on any atom is 0.317 e. The number of ether oxygens (including phenoxy) is 2. The molecule has 0 aliphatic heterocycles. The zero-order chi connectivity index (χ0) is 14.1. The van der Waals surface area contributed by atoms with Crippen LogP contribution < -0.4 is 0 Å². The van der Waals surface area contributed by atoms with Crippen LogP contribution in [0.1, 0.15) is 40.0 Å². The van der Waals surface area contributed by atoms with E-state index in [9.17, 15) is 14.7 Å². The Labute approximate surface area is 107 Å². The summed E-state index contributed by atoms with van der Waals surface area (Å²) in [4.78, 5) is 22.7. The Kier molecular flexibility index (Phi) is 8.32. The molecule has 0 rings (SSSR count). The van der Waals surface area contributed by atoms with E-state index in [0.717, 1.165) is 0 Å². The normalized spacial score (nSPS) is 14.1. The van der Waals surface area contributed by atoms with Crippen LogP contribution >= 0.6 is 0 Å². The van der Waals surface area contributed by atoms with E-state index in [4.69, 9.17) is 9.84 Å². The summed E-state index contributed by atoms with van der Waals surface area (Å²) in [6.45, 7) is 4.65. The van der Waals surface area contributed by atoms with E-state index >= 15 is 0 Å². The standard InChI is InChI=1S/C12H22O6/c1-4-8(5-2)17-11(15)9(7-13)12(16)18-10(14)6-3/h8-9,12-13,16H,4-7H2,1-3H3. The minimum atomic E-state index is -1.68. The van der Waals surface area contributed by atoms with E-state index in [-0.39, 0.29) is 12.5 Å². The van der Waals surface area contributed by atoms with Crippen molar-refractivity contribution in [2.75, 3.05) is 6.61 Å². The average Bonchev–Trinajstić information content (AvgIpc) is 2.36. The van der Waals surface area contributed by atoms with Gasteiger partial charge in [-0.25, -0.2) is 0 Å². The Balaban J connectivity index is 4.46. The largest absolute Gasteiger partial charge is 0.462 e. The van der Waals surface area contributed by atoms with E-state index in [1.165, 1.54) is 0 Å². The minimum Gasteiger partial charge on any atom is -0.462 e. The highest BCUT2D eigenvalue weighted by Crippen LogP contribution is 2.12. The van der Waals surface area contributed by atoms with Gasteiger partial charge in [-0.2, -0.15) is 0 Å². The summed E-state index contributed by atoms with van der Waals surface area (Å²) in [6, 6.07) is 0. The van der Waals surface area contributed by atoms with Crippen LogP contribution in [0.3, 0.4) is 0 Å². The lowest BCUT2D eigenvalue weighted by Gasteiger charge is -2.22. The molecule has 2 N–H and O–H groups in total. The van der Waals surface area contributed by atoms with Crippen LogP contribution in [0.5, 0.6) is 0 Å². The summed E-state index contributed by atoms with van der Waals surface area (Å²) in [7, 11) is 0. The Morgan fingerprint density at radius 1 is 1.11 bits per heavy atom. The van der Waals surface area contributed by atoms with E-state index in [1.54, 1.807) is 6.92 Å². The molecule has 0 spiro atoms. The number of esters is 2. The van der Waals surface area contributed by atoms with E-state index in [2.05, 4.69) is 4.74 Å². The van der Waals surface area contributed by atoms with Gasteiger partial charge in [0.25, 0.3) is 0 Å². The molecule has 0 aromatic heterocycles. The fraction of sp³-hybridized carbons (Fsp3) is 0.833. The van der Waals surface area contributed by atoms with Crippen molar-refractivity contribution in [1.29, 1.82) is 0 Å². The molecule has 0 fully saturated rings. The molecule has 0 saturated heterocycles. The van der Waals surface area contributed by atoms with Crippen LogP contribution in [0, 0.1) is 5.92 Å². The van der Waals surface area contributed by atoms with Crippen molar-refractivity contribution >= 4 is 11.9 Å². The number of hydrogen-bond donors (Lipinski definition) is 2. The monoisotopic (exact) mass is 262 g/mol. The Hall–Kier alpha value is -1.14. The molecule has 0 heterocycles. The fourth-order valence-corrected chi connectivity index (χ4v) is 1.29. The highest BCUT2D eigenvalue weighted by Gasteiger charge is 2.31. The molecule has 18 heavy (non-hydrogen) atoms. The molecule has 2 unspecified atom stereocenters. The van der Waals surface area contributed by atoms with Crippen molar-refractivity contribution in [3.05, 3.63) is 0 Å². The number of carbonyl (C=O) groups excluding carboxylic acids is 2. The molecule has 0 amide bonds. The van der Waals surface area contributed by atoms with E-state index in [0.29, 0.717) is 12.8 Å². The number of aliphatic hydroxyl groups excluding tert-OH is 2. The number of rotatable bonds is 8. The van der Waals surface area contributed by atoms with Crippen molar-refractivity contribution in [3.63, 3.8) is 0 Å². The van der Waals surface area contributed by atoms with Crippen molar-refractivity contribution in [2.45, 2.75) is 52.4 Å². The minimum absolute atomic E-state index is 0.0802. The SMILES string of the molecule is CCC(=O)OC(O)C(CO)C(=O)OC(CC)CC. The van der Waals surface area contributed by atoms with Crippen LogP contribution in [0.25, 0.3) is 0 Å². The molecule has 0 aromatic rings. The molecule has 0 bridgehead atoms. The highest BCUT2D eigenvalue weighted by atomic mass is 16.6. The first kappa shape index (κ1) is 16.9. The molecule has 106 valence electrons. The van der Waals surface area contributed by atoms with Gasteiger partial charge in [0.05, 0.1) is 6.61 Å². The van der Waals surface area contributed by atoms with Crippen molar-refractivity contribution in [1.82, 2.24) is 0 Å². The number of hydrogen-bond acceptors (Lipinski definition) is 6. The number of carbonyl (C=O) groups is 2. The van der Waals surface area contributed by atoms with Crippen LogP contribution in [0.2, 0.25) is 0 Å². The van der Waals surface area contributed by atoms with Crippen LogP contribution in [0.4, 0.5) is 0 Å². The lowest BCUT2D eigenvalue weighted by Crippen LogP contribution is -2.37. The second kappa shape index (κ2) is 8.88.